The molecule has 0 saturated carbocycles. The molecule has 3 rings (SSSR count). The van der Waals surface area contributed by atoms with E-state index in [2.05, 4.69) is 5.32 Å². The number of hydrogen-bond donors (Lipinski definition) is 2. The number of para-hydroxylation sites is 1. The summed E-state index contributed by atoms with van der Waals surface area (Å²) in [5.74, 6) is 0.281. The molecule has 1 unspecified atom stereocenters. The van der Waals surface area contributed by atoms with Crippen LogP contribution in [0.25, 0.3) is 0 Å². The fourth-order valence-corrected chi connectivity index (χ4v) is 2.86. The van der Waals surface area contributed by atoms with Gasteiger partial charge in [-0.15, -0.1) is 0 Å². The van der Waals surface area contributed by atoms with Crippen LogP contribution in [0.2, 0.25) is 5.02 Å². The summed E-state index contributed by atoms with van der Waals surface area (Å²) >= 11 is 6.20. The van der Waals surface area contributed by atoms with Crippen molar-refractivity contribution >= 4 is 23.2 Å². The van der Waals surface area contributed by atoms with E-state index < -0.39 is 5.54 Å². The molecule has 2 aromatic carbocycles. The molecule has 0 saturated heterocycles. The van der Waals surface area contributed by atoms with Gasteiger partial charge in [0, 0.05) is 21.8 Å². The van der Waals surface area contributed by atoms with Gasteiger partial charge in [0.15, 0.2) is 5.54 Å². The van der Waals surface area contributed by atoms with Gasteiger partial charge in [0.05, 0.1) is 7.11 Å². The summed E-state index contributed by atoms with van der Waals surface area (Å²) in [5.41, 5.74) is 8.03. The highest BCUT2D eigenvalue weighted by Gasteiger charge is 2.47. The third kappa shape index (κ3) is 1.91. The number of nitrogens with one attached hydrogen (secondary N) is 1. The second-order valence-corrected chi connectivity index (χ2v) is 5.52. The summed E-state index contributed by atoms with van der Waals surface area (Å²) in [7, 11) is 1.55. The third-order valence-electron chi connectivity index (χ3n) is 3.86. The van der Waals surface area contributed by atoms with Crippen LogP contribution in [0.1, 0.15) is 16.7 Å². The first-order chi connectivity index (χ1) is 9.98. The molecule has 3 N–H and O–H groups in total. The van der Waals surface area contributed by atoms with E-state index in [-0.39, 0.29) is 5.91 Å². The highest BCUT2D eigenvalue weighted by Crippen LogP contribution is 2.43. The molecule has 0 spiro atoms. The zero-order valence-corrected chi connectivity index (χ0v) is 12.5. The first-order valence-electron chi connectivity index (χ1n) is 6.53. The van der Waals surface area contributed by atoms with Gasteiger partial charge >= 0.3 is 0 Å². The molecule has 1 aliphatic rings. The lowest BCUT2D eigenvalue weighted by Crippen LogP contribution is -2.44. The Morgan fingerprint density at radius 1 is 1.24 bits per heavy atom. The Kier molecular flexibility index (Phi) is 3.15. The topological polar surface area (TPSA) is 64.3 Å². The maximum Gasteiger partial charge on any atom is 0.253 e. The van der Waals surface area contributed by atoms with Gasteiger partial charge < -0.3 is 15.8 Å². The Morgan fingerprint density at radius 2 is 1.95 bits per heavy atom. The monoisotopic (exact) mass is 302 g/mol. The largest absolute Gasteiger partial charge is 0.496 e. The molecule has 0 bridgehead atoms. The number of rotatable bonds is 2. The van der Waals surface area contributed by atoms with E-state index in [1.165, 1.54) is 0 Å². The fourth-order valence-electron chi connectivity index (χ4n) is 2.69. The first-order valence-corrected chi connectivity index (χ1v) is 6.90. The van der Waals surface area contributed by atoms with Gasteiger partial charge in [0.25, 0.3) is 5.91 Å². The molecular formula is C16H15ClN2O2. The van der Waals surface area contributed by atoms with E-state index in [0.717, 1.165) is 5.56 Å². The van der Waals surface area contributed by atoms with E-state index in [9.17, 15) is 4.79 Å². The van der Waals surface area contributed by atoms with Crippen molar-refractivity contribution in [1.29, 1.82) is 0 Å². The highest BCUT2D eigenvalue weighted by atomic mass is 35.5. The minimum Gasteiger partial charge on any atom is -0.496 e. The minimum absolute atomic E-state index is 0.288. The van der Waals surface area contributed by atoms with Crippen LogP contribution in [0.3, 0.4) is 0 Å². The fraction of sp³-hybridized carbons (Fsp3) is 0.188. The van der Waals surface area contributed by atoms with Crippen molar-refractivity contribution in [2.75, 3.05) is 12.4 Å². The number of carbonyl (C=O) groups is 1. The van der Waals surface area contributed by atoms with Gasteiger partial charge in [-0.2, -0.15) is 0 Å². The number of aryl methyl sites for hydroxylation is 1. The molecule has 1 amide bonds. The van der Waals surface area contributed by atoms with Crippen LogP contribution in [0, 0.1) is 6.92 Å². The number of nitrogens with two attached hydrogens (primary N) is 1. The van der Waals surface area contributed by atoms with Gasteiger partial charge in [0.1, 0.15) is 5.75 Å². The van der Waals surface area contributed by atoms with Crippen molar-refractivity contribution in [3.8, 4) is 5.75 Å². The number of hydrogen-bond acceptors (Lipinski definition) is 3. The molecule has 108 valence electrons. The van der Waals surface area contributed by atoms with Crippen molar-refractivity contribution in [2.24, 2.45) is 5.73 Å². The van der Waals surface area contributed by atoms with E-state index in [1.807, 2.05) is 25.1 Å². The average molecular weight is 303 g/mol. The molecule has 0 aliphatic carbocycles. The molecular weight excluding hydrogens is 288 g/mol. The zero-order chi connectivity index (χ0) is 15.2. The molecule has 1 aliphatic heterocycles. The Labute approximate surface area is 127 Å². The molecule has 5 heteroatoms. The van der Waals surface area contributed by atoms with Crippen molar-refractivity contribution < 1.29 is 9.53 Å². The van der Waals surface area contributed by atoms with E-state index in [0.29, 0.717) is 27.6 Å². The third-order valence-corrected chi connectivity index (χ3v) is 4.27. The van der Waals surface area contributed by atoms with Crippen LogP contribution >= 0.6 is 11.6 Å². The summed E-state index contributed by atoms with van der Waals surface area (Å²) in [6.07, 6.45) is 0. The summed E-state index contributed by atoms with van der Waals surface area (Å²) in [4.78, 5) is 12.5. The SMILES string of the molecule is COc1ccccc1C1(N)C(=O)Nc2cc(C)c(Cl)cc21. The number of benzene rings is 2. The van der Waals surface area contributed by atoms with Gasteiger partial charge in [0.2, 0.25) is 0 Å². The molecule has 1 atom stereocenters. The van der Waals surface area contributed by atoms with Crippen molar-refractivity contribution in [2.45, 2.75) is 12.5 Å². The smallest absolute Gasteiger partial charge is 0.253 e. The summed E-state index contributed by atoms with van der Waals surface area (Å²) in [6, 6.07) is 10.8. The van der Waals surface area contributed by atoms with E-state index in [1.54, 1.807) is 25.3 Å². The maximum atomic E-state index is 12.5. The second-order valence-electron chi connectivity index (χ2n) is 5.11. The van der Waals surface area contributed by atoms with Crippen LogP contribution in [-0.2, 0) is 10.3 Å². The Bertz CT molecular complexity index is 745. The van der Waals surface area contributed by atoms with Crippen LogP contribution in [0.15, 0.2) is 36.4 Å². The number of amides is 1. The zero-order valence-electron chi connectivity index (χ0n) is 11.7. The van der Waals surface area contributed by atoms with Crippen molar-refractivity contribution in [1.82, 2.24) is 0 Å². The number of carbonyl (C=O) groups excluding carboxylic acids is 1. The lowest BCUT2D eigenvalue weighted by molar-refractivity contribution is -0.119. The van der Waals surface area contributed by atoms with Crippen LogP contribution < -0.4 is 15.8 Å². The number of fused-ring (bicyclic) bond motifs is 1. The summed E-state index contributed by atoms with van der Waals surface area (Å²) in [6.45, 7) is 1.88. The van der Waals surface area contributed by atoms with Crippen LogP contribution in [0.4, 0.5) is 5.69 Å². The second kappa shape index (κ2) is 4.76. The molecule has 4 nitrogen and oxygen atoms in total. The van der Waals surface area contributed by atoms with Crippen LogP contribution in [0.5, 0.6) is 5.75 Å². The molecule has 2 aromatic rings. The van der Waals surface area contributed by atoms with Gasteiger partial charge in [-0.05, 0) is 30.7 Å². The number of methoxy groups -OCH3 is 1. The Balaban J connectivity index is 2.28. The molecule has 1 heterocycles. The Hall–Kier alpha value is -2.04. The number of halogens is 1. The van der Waals surface area contributed by atoms with Crippen molar-refractivity contribution in [3.05, 3.63) is 58.1 Å². The van der Waals surface area contributed by atoms with E-state index in [4.69, 9.17) is 22.1 Å². The maximum absolute atomic E-state index is 12.5. The molecule has 0 fully saturated rings. The minimum atomic E-state index is -1.31. The van der Waals surface area contributed by atoms with Crippen molar-refractivity contribution in [3.63, 3.8) is 0 Å². The Morgan fingerprint density at radius 3 is 2.67 bits per heavy atom. The first kappa shape index (κ1) is 13.9. The number of ether oxygens (including phenoxy) is 1. The summed E-state index contributed by atoms with van der Waals surface area (Å²) < 4.78 is 5.35. The lowest BCUT2D eigenvalue weighted by atomic mass is 9.84. The predicted molar refractivity (Wildman–Crippen MR) is 82.8 cm³/mol. The van der Waals surface area contributed by atoms with Gasteiger partial charge in [-0.3, -0.25) is 4.79 Å². The normalized spacial score (nSPS) is 20.1. The summed E-state index contributed by atoms with van der Waals surface area (Å²) in [5, 5.41) is 3.41. The number of anilines is 1. The highest BCUT2D eigenvalue weighted by molar-refractivity contribution is 6.31. The van der Waals surface area contributed by atoms with Gasteiger partial charge in [-0.1, -0.05) is 29.8 Å². The van der Waals surface area contributed by atoms with E-state index >= 15 is 0 Å². The quantitative estimate of drug-likeness (QED) is 0.896. The van der Waals surface area contributed by atoms with Gasteiger partial charge in [-0.25, -0.2) is 0 Å². The average Bonchev–Trinajstić information content (AvgIpc) is 2.72. The predicted octanol–water partition coefficient (Wildman–Crippen LogP) is 2.81. The molecule has 21 heavy (non-hydrogen) atoms. The van der Waals surface area contributed by atoms with Crippen LogP contribution in [-0.4, -0.2) is 13.0 Å². The lowest BCUT2D eigenvalue weighted by Gasteiger charge is -2.25. The molecule has 0 radical (unpaired) electrons. The molecule has 0 aromatic heterocycles. The standard InChI is InChI=1S/C16H15ClN2O2/c1-9-7-13-11(8-12(9)17)16(18,15(20)19-13)10-5-3-4-6-14(10)21-2/h3-8H,18H2,1-2H3,(H,19,20).